The van der Waals surface area contributed by atoms with Crippen molar-refractivity contribution in [3.63, 3.8) is 0 Å². The number of nitrogens with zero attached hydrogens (tertiary/aromatic N) is 1. The first-order chi connectivity index (χ1) is 10.4. The monoisotopic (exact) mass is 345 g/mol. The molecule has 1 aliphatic heterocycles. The van der Waals surface area contributed by atoms with E-state index in [1.165, 1.54) is 7.05 Å². The first-order valence-corrected chi connectivity index (χ1v) is 9.18. The minimum absolute atomic E-state index is 0.0605. The first kappa shape index (κ1) is 17.1. The van der Waals surface area contributed by atoms with E-state index in [2.05, 4.69) is 10.0 Å². The van der Waals surface area contributed by atoms with Gasteiger partial charge in [0.2, 0.25) is 10.0 Å². The molecule has 8 heteroatoms. The molecule has 1 atom stereocenters. The van der Waals surface area contributed by atoms with E-state index < -0.39 is 10.0 Å². The molecule has 6 nitrogen and oxygen atoms in total. The lowest BCUT2D eigenvalue weighted by Crippen LogP contribution is -2.42. The number of urea groups is 1. The van der Waals surface area contributed by atoms with Crippen molar-refractivity contribution in [2.45, 2.75) is 18.9 Å². The van der Waals surface area contributed by atoms with Crippen LogP contribution < -0.4 is 10.0 Å². The van der Waals surface area contributed by atoms with Gasteiger partial charge in [0.05, 0.1) is 11.8 Å². The van der Waals surface area contributed by atoms with Crippen molar-refractivity contribution in [1.29, 1.82) is 0 Å². The number of amides is 2. The predicted octanol–water partition coefficient (Wildman–Crippen LogP) is 1.74. The number of nitrogens with one attached hydrogen (secondary N) is 2. The van der Waals surface area contributed by atoms with Crippen LogP contribution in [0.25, 0.3) is 0 Å². The minimum atomic E-state index is -3.32. The lowest BCUT2D eigenvalue weighted by atomic mass is 10.0. The Kier molecular flexibility index (Phi) is 5.66. The summed E-state index contributed by atoms with van der Waals surface area (Å²) in [5.41, 5.74) is 0.930. The molecule has 0 aromatic heterocycles. The second kappa shape index (κ2) is 7.30. The number of rotatable bonds is 5. The molecule has 0 spiro atoms. The van der Waals surface area contributed by atoms with E-state index in [0.29, 0.717) is 11.6 Å². The Morgan fingerprint density at radius 2 is 2.14 bits per heavy atom. The summed E-state index contributed by atoms with van der Waals surface area (Å²) < 4.78 is 24.9. The summed E-state index contributed by atoms with van der Waals surface area (Å²) in [6.07, 6.45) is 1.75. The van der Waals surface area contributed by atoms with Crippen molar-refractivity contribution < 1.29 is 13.2 Å². The molecule has 0 bridgehead atoms. The lowest BCUT2D eigenvalue weighted by molar-refractivity contribution is 0.193. The third kappa shape index (κ3) is 4.12. The van der Waals surface area contributed by atoms with Crippen molar-refractivity contribution in [2.24, 2.45) is 0 Å². The van der Waals surface area contributed by atoms with Crippen molar-refractivity contribution in [1.82, 2.24) is 14.9 Å². The summed E-state index contributed by atoms with van der Waals surface area (Å²) in [6.45, 7) is 0.717. The quantitative estimate of drug-likeness (QED) is 0.853. The fourth-order valence-corrected chi connectivity index (χ4v) is 3.41. The summed E-state index contributed by atoms with van der Waals surface area (Å²) in [7, 11) is -1.96. The van der Waals surface area contributed by atoms with Gasteiger partial charge in [-0.25, -0.2) is 17.9 Å². The van der Waals surface area contributed by atoms with Crippen LogP contribution in [0.4, 0.5) is 4.79 Å². The van der Waals surface area contributed by atoms with Crippen molar-refractivity contribution in [2.75, 3.05) is 25.9 Å². The van der Waals surface area contributed by atoms with Crippen LogP contribution in [0.5, 0.6) is 0 Å². The Balaban J connectivity index is 1.99. The van der Waals surface area contributed by atoms with Gasteiger partial charge < -0.3 is 10.2 Å². The normalized spacial score (nSPS) is 18.5. The first-order valence-electron chi connectivity index (χ1n) is 7.15. The smallest absolute Gasteiger partial charge is 0.317 e. The van der Waals surface area contributed by atoms with Crippen LogP contribution in [-0.2, 0) is 10.0 Å². The van der Waals surface area contributed by atoms with Gasteiger partial charge in [-0.15, -0.1) is 0 Å². The van der Waals surface area contributed by atoms with E-state index in [4.69, 9.17) is 11.6 Å². The molecule has 2 rings (SSSR count). The highest BCUT2D eigenvalue weighted by molar-refractivity contribution is 7.89. The van der Waals surface area contributed by atoms with Crippen molar-refractivity contribution in [3.8, 4) is 0 Å². The number of carbonyl (C=O) groups excluding carboxylic acids is 1. The van der Waals surface area contributed by atoms with Gasteiger partial charge in [-0.3, -0.25) is 0 Å². The van der Waals surface area contributed by atoms with Crippen LogP contribution >= 0.6 is 11.6 Å². The second-order valence-corrected chi connectivity index (χ2v) is 7.58. The summed E-state index contributed by atoms with van der Waals surface area (Å²) >= 11 is 6.21. The summed E-state index contributed by atoms with van der Waals surface area (Å²) in [5.74, 6) is -0.139. The van der Waals surface area contributed by atoms with Gasteiger partial charge in [-0.1, -0.05) is 29.8 Å². The molecule has 2 amide bonds. The number of carbonyl (C=O) groups is 1. The molecule has 1 heterocycles. The maximum absolute atomic E-state index is 12.3. The van der Waals surface area contributed by atoms with E-state index in [0.717, 1.165) is 18.4 Å². The average Bonchev–Trinajstić information content (AvgIpc) is 2.97. The standard InChI is InChI=1S/C14H20ClN3O3S/c1-16-22(20,21)10-8-17-14(19)18-9-4-7-13(18)11-5-2-3-6-12(11)15/h2-3,5-6,13,16H,4,7-10H2,1H3,(H,17,19)/t13-/m1/s1. The predicted molar refractivity (Wildman–Crippen MR) is 86.4 cm³/mol. The van der Waals surface area contributed by atoms with Crippen LogP contribution in [0, 0.1) is 0 Å². The second-order valence-electron chi connectivity index (χ2n) is 5.13. The Morgan fingerprint density at radius 3 is 2.82 bits per heavy atom. The number of likely N-dealkylation sites (tertiary alicyclic amines) is 1. The maximum atomic E-state index is 12.3. The van der Waals surface area contributed by atoms with Gasteiger partial charge >= 0.3 is 6.03 Å². The van der Waals surface area contributed by atoms with Gasteiger partial charge in [0.15, 0.2) is 0 Å². The molecule has 1 saturated heterocycles. The highest BCUT2D eigenvalue weighted by Crippen LogP contribution is 2.35. The fourth-order valence-electron chi connectivity index (χ4n) is 2.57. The van der Waals surface area contributed by atoms with E-state index in [1.54, 1.807) is 4.90 Å². The highest BCUT2D eigenvalue weighted by Gasteiger charge is 2.31. The van der Waals surface area contributed by atoms with Crippen LogP contribution in [0.1, 0.15) is 24.4 Å². The third-order valence-electron chi connectivity index (χ3n) is 3.74. The maximum Gasteiger partial charge on any atom is 0.317 e. The number of sulfonamides is 1. The fraction of sp³-hybridized carbons (Fsp3) is 0.500. The van der Waals surface area contributed by atoms with Crippen LogP contribution in [0.3, 0.4) is 0 Å². The molecular formula is C14H20ClN3O3S. The summed E-state index contributed by atoms with van der Waals surface area (Å²) in [4.78, 5) is 14.0. The number of hydrogen-bond acceptors (Lipinski definition) is 3. The van der Waals surface area contributed by atoms with Crippen molar-refractivity contribution in [3.05, 3.63) is 34.9 Å². The molecule has 22 heavy (non-hydrogen) atoms. The van der Waals surface area contributed by atoms with E-state index in [9.17, 15) is 13.2 Å². The van der Waals surface area contributed by atoms with Crippen LogP contribution in [0.2, 0.25) is 5.02 Å². The highest BCUT2D eigenvalue weighted by atomic mass is 35.5. The zero-order valence-corrected chi connectivity index (χ0v) is 14.0. The minimum Gasteiger partial charge on any atom is -0.337 e. The molecule has 122 valence electrons. The number of hydrogen-bond donors (Lipinski definition) is 2. The zero-order chi connectivity index (χ0) is 16.2. The van der Waals surface area contributed by atoms with Gasteiger partial charge in [0.25, 0.3) is 0 Å². The average molecular weight is 346 g/mol. The van der Waals surface area contributed by atoms with Gasteiger partial charge in [0.1, 0.15) is 0 Å². The molecule has 1 fully saturated rings. The zero-order valence-electron chi connectivity index (χ0n) is 12.4. The number of halogens is 1. The van der Waals surface area contributed by atoms with E-state index >= 15 is 0 Å². The molecule has 0 radical (unpaired) electrons. The van der Waals surface area contributed by atoms with Crippen LogP contribution in [-0.4, -0.2) is 45.2 Å². The Bertz CT molecular complexity index is 636. The molecule has 0 aliphatic carbocycles. The van der Waals surface area contributed by atoms with Gasteiger partial charge in [-0.2, -0.15) is 0 Å². The molecule has 1 aromatic rings. The topological polar surface area (TPSA) is 78.5 Å². The Morgan fingerprint density at radius 1 is 1.41 bits per heavy atom. The van der Waals surface area contributed by atoms with Crippen LogP contribution in [0.15, 0.2) is 24.3 Å². The Labute approximate surface area is 135 Å². The van der Waals surface area contributed by atoms with E-state index in [1.807, 2.05) is 24.3 Å². The molecule has 1 aromatic carbocycles. The lowest BCUT2D eigenvalue weighted by Gasteiger charge is -2.26. The summed E-state index contributed by atoms with van der Waals surface area (Å²) in [5, 5.41) is 3.30. The molecule has 1 aliphatic rings. The molecular weight excluding hydrogens is 326 g/mol. The molecule has 2 N–H and O–H groups in total. The van der Waals surface area contributed by atoms with Gasteiger partial charge in [0, 0.05) is 18.1 Å². The largest absolute Gasteiger partial charge is 0.337 e. The molecule has 0 saturated carbocycles. The SMILES string of the molecule is CNS(=O)(=O)CCNC(=O)N1CCC[C@@H]1c1ccccc1Cl. The third-order valence-corrected chi connectivity index (χ3v) is 5.44. The van der Waals surface area contributed by atoms with Crippen molar-refractivity contribution >= 4 is 27.7 Å². The summed E-state index contributed by atoms with van der Waals surface area (Å²) in [6, 6.07) is 7.17. The Hall–Kier alpha value is -1.31. The number of benzene rings is 1. The molecule has 0 unspecified atom stereocenters. The van der Waals surface area contributed by atoms with E-state index in [-0.39, 0.29) is 24.4 Å². The van der Waals surface area contributed by atoms with Gasteiger partial charge in [-0.05, 0) is 31.5 Å².